The maximum atomic E-state index is 12.4. The molecule has 2 atom stereocenters. The molecule has 100 valence electrons. The minimum absolute atomic E-state index is 0.163. The molecule has 1 aliphatic rings. The van der Waals surface area contributed by atoms with Gasteiger partial charge in [-0.1, -0.05) is 6.92 Å². The molecule has 0 N–H and O–H groups in total. The highest BCUT2D eigenvalue weighted by Gasteiger charge is 2.31. The zero-order valence-electron chi connectivity index (χ0n) is 11.0. The van der Waals surface area contributed by atoms with E-state index in [2.05, 4.69) is 23.4 Å². The number of carbonyl (C=O) groups is 1. The van der Waals surface area contributed by atoms with Crippen LogP contribution < -0.4 is 0 Å². The summed E-state index contributed by atoms with van der Waals surface area (Å²) in [6, 6.07) is 0. The number of imidazole rings is 1. The number of ketones is 1. The van der Waals surface area contributed by atoms with Crippen molar-refractivity contribution in [3.63, 3.8) is 0 Å². The Morgan fingerprint density at radius 1 is 1.44 bits per heavy atom. The molecule has 1 aromatic heterocycles. The first-order valence-corrected chi connectivity index (χ1v) is 8.62. The highest BCUT2D eigenvalue weighted by molar-refractivity contribution is 8.07. The Morgan fingerprint density at radius 2 is 2.22 bits per heavy atom. The summed E-state index contributed by atoms with van der Waals surface area (Å²) in [5, 5.41) is 0.650. The van der Waals surface area contributed by atoms with Gasteiger partial charge in [0.15, 0.2) is 5.78 Å². The van der Waals surface area contributed by atoms with Gasteiger partial charge >= 0.3 is 0 Å². The zero-order chi connectivity index (χ0) is 13.0. The Balaban J connectivity index is 2.02. The quantitative estimate of drug-likeness (QED) is 0.832. The molecule has 1 saturated heterocycles. The molecule has 0 radical (unpaired) electrons. The third-order valence-corrected chi connectivity index (χ3v) is 6.54. The number of thioether (sulfide) groups is 2. The number of hydrogen-bond acceptors (Lipinski definition) is 4. The first-order valence-electron chi connectivity index (χ1n) is 6.52. The lowest BCUT2D eigenvalue weighted by Gasteiger charge is -2.28. The van der Waals surface area contributed by atoms with Crippen LogP contribution in [0.3, 0.4) is 0 Å². The lowest BCUT2D eigenvalue weighted by atomic mass is 10.1. The molecule has 1 fully saturated rings. The molecular weight excluding hydrogens is 264 g/mol. The third kappa shape index (κ3) is 3.12. The molecule has 0 amide bonds. The minimum Gasteiger partial charge on any atom is -0.335 e. The molecular formula is C13H20N2OS2. The molecule has 0 aromatic carbocycles. The first kappa shape index (κ1) is 14.0. The topological polar surface area (TPSA) is 34.9 Å². The number of aromatic nitrogens is 2. The average Bonchev–Trinajstić information content (AvgIpc) is 2.85. The fourth-order valence-electron chi connectivity index (χ4n) is 2.25. The summed E-state index contributed by atoms with van der Waals surface area (Å²) in [7, 11) is 0. The number of nitrogens with zero attached hydrogens (tertiary/aromatic N) is 2. The Labute approximate surface area is 117 Å². The van der Waals surface area contributed by atoms with Crippen LogP contribution >= 0.6 is 23.5 Å². The Kier molecular flexibility index (Phi) is 5.18. The summed E-state index contributed by atoms with van der Waals surface area (Å²) in [4.78, 5) is 16.7. The lowest BCUT2D eigenvalue weighted by molar-refractivity contribution is -0.118. The maximum absolute atomic E-state index is 12.4. The fraction of sp³-hybridized carbons (Fsp3) is 0.692. The Bertz CT molecular complexity index is 405. The number of Topliss-reactive ketones (excluding diaryl/α,β-unsaturated/α-hetero) is 1. The van der Waals surface area contributed by atoms with Crippen molar-refractivity contribution in [2.75, 3.05) is 11.5 Å². The molecule has 1 aliphatic heterocycles. The van der Waals surface area contributed by atoms with E-state index in [1.165, 1.54) is 5.75 Å². The van der Waals surface area contributed by atoms with Crippen LogP contribution in [0.4, 0.5) is 0 Å². The van der Waals surface area contributed by atoms with Gasteiger partial charge in [-0.05, 0) is 13.3 Å². The van der Waals surface area contributed by atoms with Crippen molar-refractivity contribution in [3.8, 4) is 0 Å². The minimum atomic E-state index is 0.163. The van der Waals surface area contributed by atoms with Crippen molar-refractivity contribution >= 4 is 29.3 Å². The highest BCUT2D eigenvalue weighted by atomic mass is 32.2. The summed E-state index contributed by atoms with van der Waals surface area (Å²) in [6.45, 7) is 5.14. The van der Waals surface area contributed by atoms with Gasteiger partial charge in [0, 0.05) is 35.7 Å². The SMILES string of the molecule is CCC1SCCSC1C(=O)Cc1nccn1CC. The first-order chi connectivity index (χ1) is 8.76. The summed E-state index contributed by atoms with van der Waals surface area (Å²) < 4.78 is 2.06. The summed E-state index contributed by atoms with van der Waals surface area (Å²) in [5.41, 5.74) is 0. The largest absolute Gasteiger partial charge is 0.335 e. The van der Waals surface area contributed by atoms with Crippen molar-refractivity contribution in [2.45, 2.75) is 43.7 Å². The van der Waals surface area contributed by atoms with Gasteiger partial charge < -0.3 is 4.57 Å². The fourth-order valence-corrected chi connectivity index (χ4v) is 5.29. The van der Waals surface area contributed by atoms with E-state index in [1.54, 1.807) is 6.20 Å². The zero-order valence-corrected chi connectivity index (χ0v) is 12.6. The lowest BCUT2D eigenvalue weighted by Crippen LogP contribution is -2.34. The summed E-state index contributed by atoms with van der Waals surface area (Å²) in [6.07, 6.45) is 5.29. The number of carbonyl (C=O) groups excluding carboxylic acids is 1. The van der Waals surface area contributed by atoms with Crippen molar-refractivity contribution in [2.24, 2.45) is 0 Å². The molecule has 1 aromatic rings. The standard InChI is InChI=1S/C13H20N2OS2/c1-3-11-13(18-8-7-17-11)10(16)9-12-14-5-6-15(12)4-2/h5-6,11,13H,3-4,7-9H2,1-2H3. The van der Waals surface area contributed by atoms with Gasteiger partial charge in [0.25, 0.3) is 0 Å². The average molecular weight is 284 g/mol. The number of rotatable bonds is 5. The molecule has 2 heterocycles. The third-order valence-electron chi connectivity index (χ3n) is 3.24. The predicted octanol–water partition coefficient (Wildman–Crippen LogP) is 2.64. The van der Waals surface area contributed by atoms with E-state index >= 15 is 0 Å². The molecule has 0 saturated carbocycles. The maximum Gasteiger partial charge on any atom is 0.154 e. The summed E-state index contributed by atoms with van der Waals surface area (Å²) in [5.74, 6) is 3.53. The normalized spacial score (nSPS) is 24.1. The molecule has 0 spiro atoms. The molecule has 18 heavy (non-hydrogen) atoms. The molecule has 2 rings (SSSR count). The van der Waals surface area contributed by atoms with Gasteiger partial charge in [-0.25, -0.2) is 4.98 Å². The Morgan fingerprint density at radius 3 is 2.94 bits per heavy atom. The van der Waals surface area contributed by atoms with Crippen molar-refractivity contribution in [1.82, 2.24) is 9.55 Å². The molecule has 0 aliphatic carbocycles. The van der Waals surface area contributed by atoms with Gasteiger partial charge in [0.05, 0.1) is 11.7 Å². The second-order valence-electron chi connectivity index (χ2n) is 4.38. The van der Waals surface area contributed by atoms with E-state index in [4.69, 9.17) is 0 Å². The van der Waals surface area contributed by atoms with Crippen LogP contribution in [0.2, 0.25) is 0 Å². The molecule has 5 heteroatoms. The molecule has 2 unspecified atom stereocenters. The second-order valence-corrected chi connectivity index (χ2v) is 6.98. The molecule has 3 nitrogen and oxygen atoms in total. The van der Waals surface area contributed by atoms with Gasteiger partial charge in [-0.15, -0.1) is 11.8 Å². The van der Waals surface area contributed by atoms with Gasteiger partial charge in [0.1, 0.15) is 5.82 Å². The summed E-state index contributed by atoms with van der Waals surface area (Å²) >= 11 is 3.79. The van der Waals surface area contributed by atoms with E-state index < -0.39 is 0 Å². The van der Waals surface area contributed by atoms with Crippen LogP contribution in [0, 0.1) is 0 Å². The predicted molar refractivity (Wildman–Crippen MR) is 79.4 cm³/mol. The monoisotopic (exact) mass is 284 g/mol. The van der Waals surface area contributed by atoms with Gasteiger partial charge in [0.2, 0.25) is 0 Å². The van der Waals surface area contributed by atoms with Crippen molar-refractivity contribution < 1.29 is 4.79 Å². The second kappa shape index (κ2) is 6.66. The van der Waals surface area contributed by atoms with Crippen LogP contribution in [-0.4, -0.2) is 37.3 Å². The number of aryl methyl sites for hydroxylation is 1. The number of hydrogen-bond donors (Lipinski definition) is 0. The molecule has 0 bridgehead atoms. The smallest absolute Gasteiger partial charge is 0.154 e. The van der Waals surface area contributed by atoms with E-state index in [-0.39, 0.29) is 5.25 Å². The van der Waals surface area contributed by atoms with Crippen molar-refractivity contribution in [3.05, 3.63) is 18.2 Å². The van der Waals surface area contributed by atoms with E-state index in [9.17, 15) is 4.79 Å². The van der Waals surface area contributed by atoms with Crippen LogP contribution in [-0.2, 0) is 17.8 Å². The van der Waals surface area contributed by atoms with Crippen molar-refractivity contribution in [1.29, 1.82) is 0 Å². The Hall–Kier alpha value is -0.420. The van der Waals surface area contributed by atoms with Gasteiger partial charge in [-0.3, -0.25) is 4.79 Å². The highest BCUT2D eigenvalue weighted by Crippen LogP contribution is 2.34. The van der Waals surface area contributed by atoms with Gasteiger partial charge in [-0.2, -0.15) is 11.8 Å². The van der Waals surface area contributed by atoms with Crippen LogP contribution in [0.1, 0.15) is 26.1 Å². The van der Waals surface area contributed by atoms with E-state index in [1.807, 2.05) is 29.7 Å². The van der Waals surface area contributed by atoms with Crippen LogP contribution in [0.5, 0.6) is 0 Å². The van der Waals surface area contributed by atoms with Crippen LogP contribution in [0.25, 0.3) is 0 Å². The van der Waals surface area contributed by atoms with E-state index in [0.29, 0.717) is 17.5 Å². The van der Waals surface area contributed by atoms with E-state index in [0.717, 1.165) is 24.5 Å². The van der Waals surface area contributed by atoms with Crippen LogP contribution in [0.15, 0.2) is 12.4 Å².